The van der Waals surface area contributed by atoms with E-state index in [-0.39, 0.29) is 11.5 Å². The molecule has 1 amide bonds. The van der Waals surface area contributed by atoms with E-state index in [4.69, 9.17) is 0 Å². The van der Waals surface area contributed by atoms with Gasteiger partial charge in [-0.3, -0.25) is 4.79 Å². The predicted octanol–water partition coefficient (Wildman–Crippen LogP) is 2.78. The van der Waals surface area contributed by atoms with E-state index in [2.05, 4.69) is 5.32 Å². The van der Waals surface area contributed by atoms with Crippen molar-refractivity contribution in [2.75, 3.05) is 26.7 Å². The molecule has 2 rings (SSSR count). The zero-order valence-electron chi connectivity index (χ0n) is 11.9. The van der Waals surface area contributed by atoms with Gasteiger partial charge in [-0.05, 0) is 50.0 Å². The molecule has 1 aromatic rings. The third kappa shape index (κ3) is 4.20. The van der Waals surface area contributed by atoms with Gasteiger partial charge in [0.15, 0.2) is 0 Å². The van der Waals surface area contributed by atoms with Crippen LogP contribution in [0.25, 0.3) is 0 Å². The minimum atomic E-state index is -4.43. The molecule has 0 spiro atoms. The van der Waals surface area contributed by atoms with Gasteiger partial charge < -0.3 is 10.2 Å². The quantitative estimate of drug-likeness (QED) is 0.931. The second-order valence-corrected chi connectivity index (χ2v) is 5.48. The third-order valence-corrected chi connectivity index (χ3v) is 3.71. The maximum absolute atomic E-state index is 12.7. The van der Waals surface area contributed by atoms with Crippen LogP contribution in [-0.4, -0.2) is 37.5 Å². The van der Waals surface area contributed by atoms with Gasteiger partial charge >= 0.3 is 6.18 Å². The third-order valence-electron chi connectivity index (χ3n) is 3.71. The van der Waals surface area contributed by atoms with Crippen LogP contribution in [0.1, 0.15) is 28.8 Å². The van der Waals surface area contributed by atoms with E-state index < -0.39 is 11.7 Å². The Morgan fingerprint density at radius 3 is 2.81 bits per heavy atom. The fraction of sp³-hybridized carbons (Fsp3) is 0.533. The molecule has 0 saturated carbocycles. The van der Waals surface area contributed by atoms with Crippen molar-refractivity contribution in [1.29, 1.82) is 0 Å². The average molecular weight is 300 g/mol. The van der Waals surface area contributed by atoms with Gasteiger partial charge in [-0.15, -0.1) is 0 Å². The zero-order valence-corrected chi connectivity index (χ0v) is 11.9. The van der Waals surface area contributed by atoms with Gasteiger partial charge in [0.1, 0.15) is 0 Å². The molecule has 1 atom stereocenters. The molecule has 0 aliphatic carbocycles. The van der Waals surface area contributed by atoms with Crippen LogP contribution in [0, 0.1) is 5.92 Å². The number of carbonyl (C=O) groups is 1. The van der Waals surface area contributed by atoms with Gasteiger partial charge in [0, 0.05) is 19.2 Å². The van der Waals surface area contributed by atoms with Crippen LogP contribution < -0.4 is 5.32 Å². The maximum Gasteiger partial charge on any atom is 0.416 e. The van der Waals surface area contributed by atoms with Gasteiger partial charge in [0.25, 0.3) is 5.91 Å². The number of hydrogen-bond acceptors (Lipinski definition) is 2. The maximum atomic E-state index is 12.7. The molecule has 1 aliphatic rings. The molecule has 0 aromatic heterocycles. The molecular formula is C15H19F3N2O. The van der Waals surface area contributed by atoms with E-state index >= 15 is 0 Å². The zero-order chi connectivity index (χ0) is 15.5. The number of hydrogen-bond donors (Lipinski definition) is 1. The second kappa shape index (κ2) is 6.47. The number of nitrogens with one attached hydrogen (secondary N) is 1. The van der Waals surface area contributed by atoms with Crippen molar-refractivity contribution >= 4 is 5.91 Å². The van der Waals surface area contributed by atoms with Gasteiger partial charge in [0.05, 0.1) is 5.56 Å². The molecule has 1 N–H and O–H groups in total. The Kier molecular flexibility index (Phi) is 4.88. The SMILES string of the molecule is CN(CC1CCCNC1)C(=O)c1cccc(C(F)(F)F)c1. The minimum Gasteiger partial charge on any atom is -0.341 e. The van der Waals surface area contributed by atoms with Crippen LogP contribution in [-0.2, 0) is 6.18 Å². The highest BCUT2D eigenvalue weighted by atomic mass is 19.4. The van der Waals surface area contributed by atoms with Crippen LogP contribution >= 0.6 is 0 Å². The number of nitrogens with zero attached hydrogens (tertiary/aromatic N) is 1. The van der Waals surface area contributed by atoms with Gasteiger partial charge in [-0.1, -0.05) is 6.07 Å². The summed E-state index contributed by atoms with van der Waals surface area (Å²) in [4.78, 5) is 13.7. The van der Waals surface area contributed by atoms with E-state index in [0.29, 0.717) is 12.5 Å². The Balaban J connectivity index is 2.04. The highest BCUT2D eigenvalue weighted by molar-refractivity contribution is 5.94. The summed E-state index contributed by atoms with van der Waals surface area (Å²) < 4.78 is 38.0. The minimum absolute atomic E-state index is 0.0797. The lowest BCUT2D eigenvalue weighted by molar-refractivity contribution is -0.137. The van der Waals surface area contributed by atoms with E-state index in [1.807, 2.05) is 0 Å². The number of rotatable bonds is 3. The first-order chi connectivity index (χ1) is 9.88. The fourth-order valence-corrected chi connectivity index (χ4v) is 2.60. The first kappa shape index (κ1) is 15.8. The number of halogens is 3. The highest BCUT2D eigenvalue weighted by Crippen LogP contribution is 2.29. The number of alkyl halides is 3. The molecule has 3 nitrogen and oxygen atoms in total. The number of carbonyl (C=O) groups excluding carboxylic acids is 1. The molecule has 1 fully saturated rings. The predicted molar refractivity (Wildman–Crippen MR) is 74.0 cm³/mol. The number of amides is 1. The Hall–Kier alpha value is -1.56. The van der Waals surface area contributed by atoms with E-state index in [0.717, 1.165) is 38.1 Å². The average Bonchev–Trinajstić information content (AvgIpc) is 2.46. The largest absolute Gasteiger partial charge is 0.416 e. The lowest BCUT2D eigenvalue weighted by Crippen LogP contribution is -2.39. The molecule has 21 heavy (non-hydrogen) atoms. The standard InChI is InChI=1S/C15H19F3N2O/c1-20(10-11-4-3-7-19-9-11)14(21)12-5-2-6-13(8-12)15(16,17)18/h2,5-6,8,11,19H,3-4,7,9-10H2,1H3. The molecule has 6 heteroatoms. The lowest BCUT2D eigenvalue weighted by atomic mass is 9.99. The molecule has 1 heterocycles. The van der Waals surface area contributed by atoms with E-state index in [1.165, 1.54) is 17.0 Å². The van der Waals surface area contributed by atoms with Crippen LogP contribution in [0.4, 0.5) is 13.2 Å². The summed E-state index contributed by atoms with van der Waals surface area (Å²) in [7, 11) is 1.64. The first-order valence-corrected chi connectivity index (χ1v) is 7.01. The van der Waals surface area contributed by atoms with Crippen molar-refractivity contribution in [3.8, 4) is 0 Å². The summed E-state index contributed by atoms with van der Waals surface area (Å²) in [5.74, 6) is -0.00910. The molecule has 116 valence electrons. The first-order valence-electron chi connectivity index (χ1n) is 7.01. The van der Waals surface area contributed by atoms with E-state index in [9.17, 15) is 18.0 Å². The molecule has 0 bridgehead atoms. The Morgan fingerprint density at radius 1 is 1.43 bits per heavy atom. The van der Waals surface area contributed by atoms with Gasteiger partial charge in [-0.25, -0.2) is 0 Å². The normalized spacial score (nSPS) is 19.3. The molecule has 1 saturated heterocycles. The van der Waals surface area contributed by atoms with Crippen molar-refractivity contribution in [2.24, 2.45) is 5.92 Å². The Morgan fingerprint density at radius 2 is 2.19 bits per heavy atom. The second-order valence-electron chi connectivity index (χ2n) is 5.48. The molecular weight excluding hydrogens is 281 g/mol. The summed E-state index contributed by atoms with van der Waals surface area (Å²) in [6.45, 7) is 2.39. The van der Waals surface area contributed by atoms with Crippen molar-refractivity contribution in [3.05, 3.63) is 35.4 Å². The monoisotopic (exact) mass is 300 g/mol. The van der Waals surface area contributed by atoms with Crippen LogP contribution in [0.5, 0.6) is 0 Å². The molecule has 1 aromatic carbocycles. The fourth-order valence-electron chi connectivity index (χ4n) is 2.60. The summed E-state index contributed by atoms with van der Waals surface area (Å²) in [6.07, 6.45) is -2.33. The van der Waals surface area contributed by atoms with Crippen LogP contribution in [0.3, 0.4) is 0 Å². The summed E-state index contributed by atoms with van der Waals surface area (Å²) in [5.41, 5.74) is -0.711. The van der Waals surface area contributed by atoms with Crippen LogP contribution in [0.2, 0.25) is 0 Å². The van der Waals surface area contributed by atoms with E-state index in [1.54, 1.807) is 7.05 Å². The number of piperidine rings is 1. The van der Waals surface area contributed by atoms with Crippen LogP contribution in [0.15, 0.2) is 24.3 Å². The summed E-state index contributed by atoms with van der Waals surface area (Å²) >= 11 is 0. The smallest absolute Gasteiger partial charge is 0.341 e. The van der Waals surface area contributed by atoms with Crippen molar-refractivity contribution in [2.45, 2.75) is 19.0 Å². The van der Waals surface area contributed by atoms with Gasteiger partial charge in [0.2, 0.25) is 0 Å². The van der Waals surface area contributed by atoms with Crippen molar-refractivity contribution < 1.29 is 18.0 Å². The highest BCUT2D eigenvalue weighted by Gasteiger charge is 2.31. The van der Waals surface area contributed by atoms with Crippen molar-refractivity contribution in [1.82, 2.24) is 10.2 Å². The molecule has 0 radical (unpaired) electrons. The Labute approximate surface area is 122 Å². The van der Waals surface area contributed by atoms with Crippen molar-refractivity contribution in [3.63, 3.8) is 0 Å². The summed E-state index contributed by atoms with van der Waals surface area (Å²) in [6, 6.07) is 4.58. The topological polar surface area (TPSA) is 32.3 Å². The number of benzene rings is 1. The Bertz CT molecular complexity index is 496. The lowest BCUT2D eigenvalue weighted by Gasteiger charge is -2.27. The molecule has 1 aliphatic heterocycles. The van der Waals surface area contributed by atoms with Gasteiger partial charge in [-0.2, -0.15) is 13.2 Å². The molecule has 1 unspecified atom stereocenters. The summed E-state index contributed by atoms with van der Waals surface area (Å²) in [5, 5.41) is 3.26.